The third kappa shape index (κ3) is 4.99. The predicted octanol–water partition coefficient (Wildman–Crippen LogP) is 3.88. The minimum Gasteiger partial charge on any atom is -0.370 e. The Morgan fingerprint density at radius 2 is 1.85 bits per heavy atom. The zero-order chi connectivity index (χ0) is 14.8. The van der Waals surface area contributed by atoms with Crippen LogP contribution in [0.2, 0.25) is 0 Å². The van der Waals surface area contributed by atoms with Crippen molar-refractivity contribution in [3.8, 4) is 0 Å². The van der Waals surface area contributed by atoms with Crippen LogP contribution < -0.4 is 10.2 Å². The lowest BCUT2D eigenvalue weighted by molar-refractivity contribution is 0.697. The molecule has 0 saturated heterocycles. The smallest absolute Gasteiger partial charge is 0.137 e. The quantitative estimate of drug-likeness (QED) is 0.659. The second kappa shape index (κ2) is 9.56. The van der Waals surface area contributed by atoms with Gasteiger partial charge in [-0.25, -0.2) is 9.97 Å². The summed E-state index contributed by atoms with van der Waals surface area (Å²) in [7, 11) is 2.14. The number of unbranched alkanes of at least 4 members (excludes halogenated alkanes) is 2. The SMILES string of the molecule is CCCCCN(C)c1ncnc(NCCC)c1CCC. The van der Waals surface area contributed by atoms with E-state index in [1.807, 2.05) is 0 Å². The van der Waals surface area contributed by atoms with E-state index >= 15 is 0 Å². The van der Waals surface area contributed by atoms with E-state index in [2.05, 4.69) is 48.0 Å². The van der Waals surface area contributed by atoms with Crippen LogP contribution in [-0.2, 0) is 6.42 Å². The monoisotopic (exact) mass is 278 g/mol. The van der Waals surface area contributed by atoms with Crippen LogP contribution in [0.3, 0.4) is 0 Å². The summed E-state index contributed by atoms with van der Waals surface area (Å²) in [4.78, 5) is 11.2. The average Bonchev–Trinajstić information content (AvgIpc) is 2.46. The van der Waals surface area contributed by atoms with Crippen LogP contribution in [0.25, 0.3) is 0 Å². The molecule has 0 saturated carbocycles. The maximum absolute atomic E-state index is 4.52. The Balaban J connectivity index is 2.86. The lowest BCUT2D eigenvalue weighted by Gasteiger charge is -2.22. The number of anilines is 2. The van der Waals surface area contributed by atoms with E-state index in [-0.39, 0.29) is 0 Å². The molecular formula is C16H30N4. The molecular weight excluding hydrogens is 248 g/mol. The first-order valence-corrected chi connectivity index (χ1v) is 8.03. The van der Waals surface area contributed by atoms with Gasteiger partial charge in [0.1, 0.15) is 18.0 Å². The number of nitrogens with zero attached hydrogens (tertiary/aromatic N) is 3. The fraction of sp³-hybridized carbons (Fsp3) is 0.750. The van der Waals surface area contributed by atoms with E-state index in [9.17, 15) is 0 Å². The maximum atomic E-state index is 4.52. The number of hydrogen-bond donors (Lipinski definition) is 1. The Hall–Kier alpha value is -1.32. The maximum Gasteiger partial charge on any atom is 0.137 e. The van der Waals surface area contributed by atoms with Crippen molar-refractivity contribution >= 4 is 11.6 Å². The number of hydrogen-bond acceptors (Lipinski definition) is 4. The van der Waals surface area contributed by atoms with E-state index in [0.29, 0.717) is 0 Å². The van der Waals surface area contributed by atoms with Crippen molar-refractivity contribution in [3.63, 3.8) is 0 Å². The molecule has 0 aliphatic rings. The van der Waals surface area contributed by atoms with E-state index in [4.69, 9.17) is 0 Å². The normalized spacial score (nSPS) is 10.6. The van der Waals surface area contributed by atoms with E-state index in [1.165, 1.54) is 24.8 Å². The van der Waals surface area contributed by atoms with Gasteiger partial charge in [0.2, 0.25) is 0 Å². The highest BCUT2D eigenvalue weighted by Crippen LogP contribution is 2.24. The van der Waals surface area contributed by atoms with Gasteiger partial charge < -0.3 is 10.2 Å². The first-order valence-electron chi connectivity index (χ1n) is 8.03. The average molecular weight is 278 g/mol. The number of nitrogens with one attached hydrogen (secondary N) is 1. The van der Waals surface area contributed by atoms with E-state index < -0.39 is 0 Å². The highest BCUT2D eigenvalue weighted by Gasteiger charge is 2.13. The van der Waals surface area contributed by atoms with Crippen molar-refractivity contribution in [1.29, 1.82) is 0 Å². The Morgan fingerprint density at radius 1 is 1.05 bits per heavy atom. The fourth-order valence-electron chi connectivity index (χ4n) is 2.31. The van der Waals surface area contributed by atoms with Crippen molar-refractivity contribution in [3.05, 3.63) is 11.9 Å². The molecule has 0 aromatic carbocycles. The summed E-state index contributed by atoms with van der Waals surface area (Å²) in [6.07, 6.45) is 8.69. The van der Waals surface area contributed by atoms with Crippen LogP contribution >= 0.6 is 0 Å². The zero-order valence-electron chi connectivity index (χ0n) is 13.6. The van der Waals surface area contributed by atoms with Gasteiger partial charge in [0.15, 0.2) is 0 Å². The molecule has 0 aliphatic carbocycles. The molecule has 1 aromatic rings. The Bertz CT molecular complexity index is 379. The molecule has 1 aromatic heterocycles. The topological polar surface area (TPSA) is 41.1 Å². The second-order valence-corrected chi connectivity index (χ2v) is 5.33. The second-order valence-electron chi connectivity index (χ2n) is 5.33. The summed E-state index contributed by atoms with van der Waals surface area (Å²) < 4.78 is 0. The largest absolute Gasteiger partial charge is 0.370 e. The number of rotatable bonds is 10. The summed E-state index contributed by atoms with van der Waals surface area (Å²) in [6.45, 7) is 8.64. The van der Waals surface area contributed by atoms with Crippen LogP contribution in [0.5, 0.6) is 0 Å². The summed E-state index contributed by atoms with van der Waals surface area (Å²) in [5.41, 5.74) is 1.27. The molecule has 4 nitrogen and oxygen atoms in total. The highest BCUT2D eigenvalue weighted by atomic mass is 15.2. The highest BCUT2D eigenvalue weighted by molar-refractivity contribution is 5.58. The van der Waals surface area contributed by atoms with Gasteiger partial charge in [-0.05, 0) is 19.3 Å². The molecule has 0 aliphatic heterocycles. The van der Waals surface area contributed by atoms with Crippen LogP contribution in [0.15, 0.2) is 6.33 Å². The van der Waals surface area contributed by atoms with Crippen LogP contribution in [0.4, 0.5) is 11.6 Å². The van der Waals surface area contributed by atoms with Gasteiger partial charge in [-0.15, -0.1) is 0 Å². The Kier molecular flexibility index (Phi) is 8.00. The van der Waals surface area contributed by atoms with Gasteiger partial charge >= 0.3 is 0 Å². The van der Waals surface area contributed by atoms with Gasteiger partial charge in [0, 0.05) is 25.7 Å². The van der Waals surface area contributed by atoms with Crippen LogP contribution in [0, 0.1) is 0 Å². The summed E-state index contributed by atoms with van der Waals surface area (Å²) in [6, 6.07) is 0. The molecule has 0 fully saturated rings. The Morgan fingerprint density at radius 3 is 2.50 bits per heavy atom. The first kappa shape index (κ1) is 16.7. The van der Waals surface area contributed by atoms with Gasteiger partial charge in [0.05, 0.1) is 0 Å². The number of aromatic nitrogens is 2. The lowest BCUT2D eigenvalue weighted by atomic mass is 10.1. The molecule has 1 N–H and O–H groups in total. The van der Waals surface area contributed by atoms with Crippen molar-refractivity contribution in [2.45, 2.75) is 59.3 Å². The van der Waals surface area contributed by atoms with Crippen molar-refractivity contribution in [1.82, 2.24) is 9.97 Å². The predicted molar refractivity (Wildman–Crippen MR) is 87.6 cm³/mol. The van der Waals surface area contributed by atoms with Crippen molar-refractivity contribution < 1.29 is 0 Å². The molecule has 114 valence electrons. The molecule has 20 heavy (non-hydrogen) atoms. The molecule has 1 rings (SSSR count). The molecule has 0 spiro atoms. The third-order valence-corrected chi connectivity index (χ3v) is 3.42. The standard InChI is InChI=1S/C16H30N4/c1-5-8-9-12-20(4)16-14(10-6-2)15(17-11-7-3)18-13-19-16/h13H,5-12H2,1-4H3,(H,17,18,19). The van der Waals surface area contributed by atoms with Gasteiger partial charge in [-0.3, -0.25) is 0 Å². The van der Waals surface area contributed by atoms with Crippen molar-refractivity contribution in [2.24, 2.45) is 0 Å². The van der Waals surface area contributed by atoms with Gasteiger partial charge in [-0.1, -0.05) is 40.0 Å². The van der Waals surface area contributed by atoms with Crippen LogP contribution in [0.1, 0.15) is 58.4 Å². The summed E-state index contributed by atoms with van der Waals surface area (Å²) in [5.74, 6) is 2.11. The minimum absolute atomic E-state index is 0.965. The van der Waals surface area contributed by atoms with Crippen LogP contribution in [-0.4, -0.2) is 30.1 Å². The molecule has 0 atom stereocenters. The summed E-state index contributed by atoms with van der Waals surface area (Å²) >= 11 is 0. The lowest BCUT2D eigenvalue weighted by Crippen LogP contribution is -2.22. The fourth-order valence-corrected chi connectivity index (χ4v) is 2.31. The zero-order valence-corrected chi connectivity index (χ0v) is 13.6. The Labute approximate surface area is 124 Å². The first-order chi connectivity index (χ1) is 9.74. The molecule has 4 heteroatoms. The van der Waals surface area contributed by atoms with E-state index in [0.717, 1.165) is 44.0 Å². The molecule has 0 amide bonds. The van der Waals surface area contributed by atoms with E-state index in [1.54, 1.807) is 6.33 Å². The van der Waals surface area contributed by atoms with Gasteiger partial charge in [-0.2, -0.15) is 0 Å². The third-order valence-electron chi connectivity index (χ3n) is 3.42. The molecule has 0 unspecified atom stereocenters. The molecule has 1 heterocycles. The minimum atomic E-state index is 0.965. The van der Waals surface area contributed by atoms with Crippen molar-refractivity contribution in [2.75, 3.05) is 30.4 Å². The molecule has 0 bridgehead atoms. The summed E-state index contributed by atoms with van der Waals surface area (Å²) in [5, 5.41) is 3.43. The molecule has 0 radical (unpaired) electrons. The van der Waals surface area contributed by atoms with Gasteiger partial charge in [0.25, 0.3) is 0 Å².